The van der Waals surface area contributed by atoms with Gasteiger partial charge in [0.2, 0.25) is 0 Å². The van der Waals surface area contributed by atoms with Gasteiger partial charge in [-0.1, -0.05) is 30.3 Å². The number of carbonyl (C=O) groups excluding carboxylic acids is 3. The summed E-state index contributed by atoms with van der Waals surface area (Å²) in [5.74, 6) is -2.42. The Hall–Kier alpha value is -3.81. The first-order valence-corrected chi connectivity index (χ1v) is 8.15. The van der Waals surface area contributed by atoms with Crippen molar-refractivity contribution in [2.24, 2.45) is 0 Å². The number of carbonyl (C=O) groups is 3. The fourth-order valence-electron chi connectivity index (χ4n) is 3.17. The van der Waals surface area contributed by atoms with E-state index in [0.717, 1.165) is 9.58 Å². The molecule has 3 aromatic rings. The lowest BCUT2D eigenvalue weighted by Gasteiger charge is -2.16. The number of carboxylic acids is 1. The van der Waals surface area contributed by atoms with Crippen LogP contribution in [0.3, 0.4) is 0 Å². The van der Waals surface area contributed by atoms with Gasteiger partial charge in [0.15, 0.2) is 0 Å². The van der Waals surface area contributed by atoms with Crippen molar-refractivity contribution in [3.05, 3.63) is 75.7 Å². The van der Waals surface area contributed by atoms with E-state index < -0.39 is 23.3 Å². The lowest BCUT2D eigenvalue weighted by atomic mass is 10.1. The van der Waals surface area contributed by atoms with Crippen molar-refractivity contribution in [1.82, 2.24) is 14.7 Å². The van der Waals surface area contributed by atoms with Gasteiger partial charge < -0.3 is 9.90 Å². The lowest BCUT2D eigenvalue weighted by molar-refractivity contribution is -0.255. The highest BCUT2D eigenvalue weighted by molar-refractivity contribution is 6.21. The molecular formula is C19H12N3O5-. The summed E-state index contributed by atoms with van der Waals surface area (Å²) in [6.07, 6.45) is 0. The molecule has 4 rings (SSSR count). The highest BCUT2D eigenvalue weighted by Crippen LogP contribution is 2.22. The van der Waals surface area contributed by atoms with E-state index in [2.05, 4.69) is 5.10 Å². The van der Waals surface area contributed by atoms with Crippen LogP contribution in [-0.4, -0.2) is 39.0 Å². The number of amides is 2. The summed E-state index contributed by atoms with van der Waals surface area (Å²) in [7, 11) is 0. The first kappa shape index (κ1) is 16.6. The molecule has 0 atom stereocenters. The third kappa shape index (κ3) is 2.58. The van der Waals surface area contributed by atoms with Gasteiger partial charge >= 0.3 is 0 Å². The van der Waals surface area contributed by atoms with E-state index in [1.807, 2.05) is 0 Å². The van der Waals surface area contributed by atoms with E-state index in [4.69, 9.17) is 0 Å². The Morgan fingerprint density at radius 2 is 1.41 bits per heavy atom. The minimum absolute atomic E-state index is 0.107. The summed E-state index contributed by atoms with van der Waals surface area (Å²) in [5.41, 5.74) is -0.270. The Balaban J connectivity index is 1.69. The Morgan fingerprint density at radius 3 is 2.00 bits per heavy atom. The van der Waals surface area contributed by atoms with Gasteiger partial charge in [-0.05, 0) is 18.2 Å². The number of hydrogen-bond acceptors (Lipinski definition) is 6. The number of nitrogens with zero attached hydrogens (tertiary/aromatic N) is 3. The maximum Gasteiger partial charge on any atom is 0.274 e. The van der Waals surface area contributed by atoms with Gasteiger partial charge in [-0.15, -0.1) is 0 Å². The average molecular weight is 362 g/mol. The maximum atomic E-state index is 12.6. The first-order chi connectivity index (χ1) is 13.0. The highest BCUT2D eigenvalue weighted by Gasteiger charge is 2.34. The molecule has 0 fully saturated rings. The average Bonchev–Trinajstić information content (AvgIpc) is 2.92. The maximum absolute atomic E-state index is 12.6. The van der Waals surface area contributed by atoms with Crippen molar-refractivity contribution >= 4 is 28.6 Å². The Labute approximate surface area is 152 Å². The Kier molecular flexibility index (Phi) is 3.80. The van der Waals surface area contributed by atoms with Crippen LogP contribution in [-0.2, 0) is 6.54 Å². The molecule has 0 spiro atoms. The minimum Gasteiger partial charge on any atom is -0.543 e. The molecule has 8 nitrogen and oxygen atoms in total. The minimum atomic E-state index is -1.51. The third-order valence-corrected chi connectivity index (χ3v) is 4.47. The smallest absolute Gasteiger partial charge is 0.274 e. The summed E-state index contributed by atoms with van der Waals surface area (Å²) in [6, 6.07) is 12.6. The zero-order chi connectivity index (χ0) is 19.1. The number of carboxylic acid groups (broad SMARTS) is 1. The zero-order valence-electron chi connectivity index (χ0n) is 13.9. The molecule has 2 aromatic carbocycles. The summed E-state index contributed by atoms with van der Waals surface area (Å²) in [5, 5.41) is 15.6. The molecule has 1 aliphatic rings. The lowest BCUT2D eigenvalue weighted by Crippen LogP contribution is -2.37. The van der Waals surface area contributed by atoms with E-state index >= 15 is 0 Å². The molecule has 2 amide bonds. The molecule has 27 heavy (non-hydrogen) atoms. The molecule has 0 bridgehead atoms. The predicted molar refractivity (Wildman–Crippen MR) is 92.1 cm³/mol. The standard InChI is InChI=1S/C19H13N3O5/c23-16-13-7-3-4-8-14(13)17(24)21(16)9-10-22-18(25)12-6-2-1-5-11(12)15(20-22)19(26)27/h1-8H,9-10H2,(H,26,27)/p-1. The number of aromatic carboxylic acids is 1. The van der Waals surface area contributed by atoms with Crippen LogP contribution in [0.2, 0.25) is 0 Å². The fourth-order valence-corrected chi connectivity index (χ4v) is 3.17. The van der Waals surface area contributed by atoms with Gasteiger partial charge in [0.05, 0.1) is 29.0 Å². The van der Waals surface area contributed by atoms with E-state index in [1.165, 1.54) is 12.1 Å². The van der Waals surface area contributed by atoms with E-state index in [1.54, 1.807) is 36.4 Å². The van der Waals surface area contributed by atoms with Gasteiger partial charge in [0, 0.05) is 11.9 Å². The predicted octanol–water partition coefficient (Wildman–Crippen LogP) is 0.0562. The molecule has 0 aliphatic carbocycles. The second-order valence-corrected chi connectivity index (χ2v) is 6.02. The van der Waals surface area contributed by atoms with Gasteiger partial charge in [-0.3, -0.25) is 19.3 Å². The van der Waals surface area contributed by atoms with Crippen LogP contribution in [0.25, 0.3) is 10.8 Å². The molecule has 0 radical (unpaired) electrons. The largest absolute Gasteiger partial charge is 0.543 e. The first-order valence-electron chi connectivity index (χ1n) is 8.15. The fraction of sp³-hybridized carbons (Fsp3) is 0.105. The molecule has 0 unspecified atom stereocenters. The van der Waals surface area contributed by atoms with Crippen molar-refractivity contribution in [2.75, 3.05) is 6.54 Å². The van der Waals surface area contributed by atoms with E-state index in [0.29, 0.717) is 11.1 Å². The van der Waals surface area contributed by atoms with Crippen LogP contribution in [0.5, 0.6) is 0 Å². The van der Waals surface area contributed by atoms with E-state index in [-0.39, 0.29) is 29.6 Å². The summed E-state index contributed by atoms with van der Waals surface area (Å²) < 4.78 is 0.941. The van der Waals surface area contributed by atoms with Crippen molar-refractivity contribution in [3.63, 3.8) is 0 Å². The number of benzene rings is 2. The van der Waals surface area contributed by atoms with Gasteiger partial charge in [-0.25, -0.2) is 4.68 Å². The molecule has 0 saturated heterocycles. The molecule has 2 heterocycles. The summed E-state index contributed by atoms with van der Waals surface area (Å²) >= 11 is 0. The van der Waals surface area contributed by atoms with Gasteiger partial charge in [0.1, 0.15) is 5.69 Å². The number of fused-ring (bicyclic) bond motifs is 2. The molecule has 134 valence electrons. The van der Waals surface area contributed by atoms with Crippen LogP contribution < -0.4 is 10.7 Å². The normalized spacial score (nSPS) is 13.3. The number of aromatic nitrogens is 2. The van der Waals surface area contributed by atoms with Gasteiger partial charge in [-0.2, -0.15) is 5.10 Å². The molecule has 1 aliphatic heterocycles. The molecule has 8 heteroatoms. The van der Waals surface area contributed by atoms with Crippen molar-refractivity contribution < 1.29 is 19.5 Å². The quantitative estimate of drug-likeness (QED) is 0.607. The Bertz CT molecular complexity index is 1150. The highest BCUT2D eigenvalue weighted by atomic mass is 16.4. The number of imide groups is 1. The third-order valence-electron chi connectivity index (χ3n) is 4.47. The van der Waals surface area contributed by atoms with Crippen LogP contribution >= 0.6 is 0 Å². The molecular weight excluding hydrogens is 350 g/mol. The van der Waals surface area contributed by atoms with E-state index in [9.17, 15) is 24.3 Å². The second kappa shape index (κ2) is 6.17. The number of hydrogen-bond donors (Lipinski definition) is 0. The monoisotopic (exact) mass is 362 g/mol. The Morgan fingerprint density at radius 1 is 0.852 bits per heavy atom. The molecule has 0 saturated carbocycles. The van der Waals surface area contributed by atoms with Crippen LogP contribution in [0, 0.1) is 0 Å². The van der Waals surface area contributed by atoms with Crippen molar-refractivity contribution in [3.8, 4) is 0 Å². The second-order valence-electron chi connectivity index (χ2n) is 6.02. The van der Waals surface area contributed by atoms with Crippen molar-refractivity contribution in [2.45, 2.75) is 6.54 Å². The van der Waals surface area contributed by atoms with Gasteiger partial charge in [0.25, 0.3) is 17.4 Å². The molecule has 1 aromatic heterocycles. The summed E-state index contributed by atoms with van der Waals surface area (Å²) in [4.78, 5) is 49.8. The number of rotatable bonds is 4. The molecule has 0 N–H and O–H groups in total. The topological polar surface area (TPSA) is 112 Å². The van der Waals surface area contributed by atoms with Crippen LogP contribution in [0.4, 0.5) is 0 Å². The van der Waals surface area contributed by atoms with Crippen LogP contribution in [0.1, 0.15) is 31.2 Å². The zero-order valence-corrected chi connectivity index (χ0v) is 13.9. The van der Waals surface area contributed by atoms with Crippen molar-refractivity contribution in [1.29, 1.82) is 0 Å². The summed E-state index contributed by atoms with van der Waals surface area (Å²) in [6.45, 7) is -0.237. The van der Waals surface area contributed by atoms with Crippen LogP contribution in [0.15, 0.2) is 53.3 Å². The SMILES string of the molecule is O=C([O-])c1nn(CCN2C(=O)c3ccccc3C2=O)c(=O)c2ccccc12.